The zero-order valence-electron chi connectivity index (χ0n) is 15.0. The summed E-state index contributed by atoms with van der Waals surface area (Å²) in [5, 5.41) is 16.2. The van der Waals surface area contributed by atoms with Gasteiger partial charge in [0.1, 0.15) is 12.0 Å². The molecule has 0 aliphatic carbocycles. The molecule has 0 saturated carbocycles. The Bertz CT molecular complexity index is 878. The van der Waals surface area contributed by atoms with Crippen molar-refractivity contribution in [2.45, 2.75) is 38.1 Å². The van der Waals surface area contributed by atoms with Crippen molar-refractivity contribution in [3.63, 3.8) is 0 Å². The first kappa shape index (κ1) is 18.9. The van der Waals surface area contributed by atoms with Crippen molar-refractivity contribution >= 4 is 5.82 Å². The molecule has 0 bridgehead atoms. The third-order valence-electron chi connectivity index (χ3n) is 4.58. The summed E-state index contributed by atoms with van der Waals surface area (Å²) in [7, 11) is 0. The molecule has 2 aromatic rings. The zero-order valence-corrected chi connectivity index (χ0v) is 15.0. The molecule has 27 heavy (non-hydrogen) atoms. The van der Waals surface area contributed by atoms with Gasteiger partial charge in [-0.05, 0) is 24.4 Å². The first-order chi connectivity index (χ1) is 13.1. The molecule has 3 atom stereocenters. The number of nitrogens with one attached hydrogen (secondary N) is 1. The molecule has 3 rings (SSSR count). The summed E-state index contributed by atoms with van der Waals surface area (Å²) in [6, 6.07) is 9.54. The van der Waals surface area contributed by atoms with Crippen molar-refractivity contribution in [1.29, 1.82) is 0 Å². The van der Waals surface area contributed by atoms with Gasteiger partial charge < -0.3 is 15.2 Å². The maximum atomic E-state index is 12.4. The summed E-state index contributed by atoms with van der Waals surface area (Å²) in [5.41, 5.74) is 10.2. The van der Waals surface area contributed by atoms with Gasteiger partial charge in [-0.15, -0.1) is 0 Å². The second-order valence-electron chi connectivity index (χ2n) is 6.44. The van der Waals surface area contributed by atoms with Crippen LogP contribution < -0.4 is 11.0 Å². The SMILES string of the molecule is Cc1cn([C@@H]2CC(N=[N+]=[N-])[C@H](CO)O2)c(=O)nc1NCCc1ccccc1. The number of anilines is 1. The number of aryl methyl sites for hydroxylation is 1. The summed E-state index contributed by atoms with van der Waals surface area (Å²) in [4.78, 5) is 19.3. The van der Waals surface area contributed by atoms with Crippen LogP contribution in [-0.4, -0.2) is 40.0 Å². The van der Waals surface area contributed by atoms with Crippen LogP contribution in [-0.2, 0) is 11.2 Å². The van der Waals surface area contributed by atoms with Crippen molar-refractivity contribution in [2.24, 2.45) is 5.11 Å². The van der Waals surface area contributed by atoms with Crippen LogP contribution in [0.5, 0.6) is 0 Å². The Balaban J connectivity index is 1.69. The van der Waals surface area contributed by atoms with E-state index < -0.39 is 24.1 Å². The molecule has 0 radical (unpaired) electrons. The number of aliphatic hydroxyl groups is 1. The Morgan fingerprint density at radius 2 is 2.22 bits per heavy atom. The number of azide groups is 1. The van der Waals surface area contributed by atoms with E-state index in [0.29, 0.717) is 18.8 Å². The number of hydrogen-bond donors (Lipinski definition) is 2. The third kappa shape index (κ3) is 4.46. The number of hydrogen-bond acceptors (Lipinski definition) is 6. The highest BCUT2D eigenvalue weighted by Gasteiger charge is 2.35. The summed E-state index contributed by atoms with van der Waals surface area (Å²) in [5.74, 6) is 0.537. The lowest BCUT2D eigenvalue weighted by molar-refractivity contribution is -0.0270. The van der Waals surface area contributed by atoms with Gasteiger partial charge in [0.2, 0.25) is 0 Å². The molecule has 1 saturated heterocycles. The van der Waals surface area contributed by atoms with Gasteiger partial charge in [-0.25, -0.2) is 4.79 Å². The van der Waals surface area contributed by atoms with Crippen LogP contribution in [0, 0.1) is 6.92 Å². The maximum Gasteiger partial charge on any atom is 0.351 e. The predicted octanol–water partition coefficient (Wildman–Crippen LogP) is 2.17. The highest BCUT2D eigenvalue weighted by molar-refractivity contribution is 5.41. The number of rotatable bonds is 7. The largest absolute Gasteiger partial charge is 0.394 e. The van der Waals surface area contributed by atoms with Crippen LogP contribution in [0.1, 0.15) is 23.8 Å². The van der Waals surface area contributed by atoms with Gasteiger partial charge in [0, 0.05) is 29.6 Å². The topological polar surface area (TPSA) is 125 Å². The lowest BCUT2D eigenvalue weighted by Crippen LogP contribution is -2.29. The Labute approximate surface area is 156 Å². The van der Waals surface area contributed by atoms with E-state index in [1.807, 2.05) is 25.1 Å². The van der Waals surface area contributed by atoms with Crippen LogP contribution in [0.4, 0.5) is 5.82 Å². The molecular formula is C18H22N6O3. The van der Waals surface area contributed by atoms with E-state index in [1.165, 1.54) is 10.1 Å². The molecule has 9 nitrogen and oxygen atoms in total. The molecule has 2 N–H and O–H groups in total. The van der Waals surface area contributed by atoms with Crippen molar-refractivity contribution in [3.05, 3.63) is 68.6 Å². The highest BCUT2D eigenvalue weighted by Crippen LogP contribution is 2.30. The highest BCUT2D eigenvalue weighted by atomic mass is 16.5. The van der Waals surface area contributed by atoms with E-state index in [2.05, 4.69) is 32.5 Å². The monoisotopic (exact) mass is 370 g/mol. The Kier molecular flexibility index (Phi) is 6.08. The average Bonchev–Trinajstić information content (AvgIpc) is 3.08. The van der Waals surface area contributed by atoms with Crippen LogP contribution in [0.2, 0.25) is 0 Å². The maximum absolute atomic E-state index is 12.4. The van der Waals surface area contributed by atoms with Crippen molar-refractivity contribution in [2.75, 3.05) is 18.5 Å². The molecule has 142 valence electrons. The molecule has 1 unspecified atom stereocenters. The van der Waals surface area contributed by atoms with Crippen molar-refractivity contribution < 1.29 is 9.84 Å². The molecule has 0 spiro atoms. The van der Waals surface area contributed by atoms with Gasteiger partial charge in [0.05, 0.1) is 18.8 Å². The van der Waals surface area contributed by atoms with E-state index in [4.69, 9.17) is 10.3 Å². The number of ether oxygens (including phenoxy) is 1. The summed E-state index contributed by atoms with van der Waals surface area (Å²) >= 11 is 0. The Morgan fingerprint density at radius 1 is 1.44 bits per heavy atom. The van der Waals surface area contributed by atoms with Gasteiger partial charge in [-0.3, -0.25) is 4.57 Å². The molecule has 0 amide bonds. The second kappa shape index (κ2) is 8.68. The van der Waals surface area contributed by atoms with Crippen LogP contribution >= 0.6 is 0 Å². The Hall–Kier alpha value is -2.87. The zero-order chi connectivity index (χ0) is 19.2. The number of benzene rings is 1. The number of aliphatic hydroxyl groups excluding tert-OH is 1. The molecule has 2 heterocycles. The van der Waals surface area contributed by atoms with Gasteiger partial charge in [0.15, 0.2) is 0 Å². The number of nitrogens with zero attached hydrogens (tertiary/aromatic N) is 5. The summed E-state index contributed by atoms with van der Waals surface area (Å²) < 4.78 is 7.05. The van der Waals surface area contributed by atoms with Crippen LogP contribution in [0.25, 0.3) is 10.4 Å². The first-order valence-electron chi connectivity index (χ1n) is 8.80. The minimum atomic E-state index is -0.623. The van der Waals surface area contributed by atoms with Gasteiger partial charge in [-0.1, -0.05) is 35.4 Å². The van der Waals surface area contributed by atoms with E-state index in [0.717, 1.165) is 12.0 Å². The summed E-state index contributed by atoms with van der Waals surface area (Å²) in [6.45, 7) is 2.24. The van der Waals surface area contributed by atoms with Crippen molar-refractivity contribution in [1.82, 2.24) is 9.55 Å². The van der Waals surface area contributed by atoms with E-state index in [-0.39, 0.29) is 6.61 Å². The minimum absolute atomic E-state index is 0.277. The second-order valence-corrected chi connectivity index (χ2v) is 6.44. The minimum Gasteiger partial charge on any atom is -0.394 e. The average molecular weight is 370 g/mol. The third-order valence-corrected chi connectivity index (χ3v) is 4.58. The fourth-order valence-corrected chi connectivity index (χ4v) is 3.16. The number of aromatic nitrogens is 2. The van der Waals surface area contributed by atoms with Crippen LogP contribution in [0.15, 0.2) is 46.4 Å². The standard InChI is InChI=1S/C18H22N6O3/c1-12-10-24(16-9-14(22-23-19)15(11-25)27-16)18(26)21-17(12)20-8-7-13-5-3-2-4-6-13/h2-6,10,14-16,25H,7-9,11H2,1H3,(H,20,21,26)/t14?,15-,16-/m0/s1. The normalized spacial score (nSPS) is 21.6. The van der Waals surface area contributed by atoms with E-state index in [9.17, 15) is 9.90 Å². The molecule has 1 aromatic carbocycles. The van der Waals surface area contributed by atoms with Gasteiger partial charge in [0.25, 0.3) is 0 Å². The molecular weight excluding hydrogens is 348 g/mol. The molecule has 1 aromatic heterocycles. The predicted molar refractivity (Wildman–Crippen MR) is 100 cm³/mol. The quantitative estimate of drug-likeness (QED) is 0.439. The van der Waals surface area contributed by atoms with Crippen LogP contribution in [0.3, 0.4) is 0 Å². The molecule has 1 aliphatic rings. The van der Waals surface area contributed by atoms with Gasteiger partial charge in [-0.2, -0.15) is 4.98 Å². The van der Waals surface area contributed by atoms with E-state index in [1.54, 1.807) is 6.20 Å². The Morgan fingerprint density at radius 3 is 2.93 bits per heavy atom. The first-order valence-corrected chi connectivity index (χ1v) is 8.80. The smallest absolute Gasteiger partial charge is 0.351 e. The fraction of sp³-hybridized carbons (Fsp3) is 0.444. The van der Waals surface area contributed by atoms with Crippen molar-refractivity contribution in [3.8, 4) is 0 Å². The molecule has 9 heteroatoms. The molecule has 1 fully saturated rings. The molecule has 1 aliphatic heterocycles. The lowest BCUT2D eigenvalue weighted by Gasteiger charge is -2.17. The van der Waals surface area contributed by atoms with E-state index >= 15 is 0 Å². The summed E-state index contributed by atoms with van der Waals surface area (Å²) in [6.07, 6.45) is 1.58. The fourth-order valence-electron chi connectivity index (χ4n) is 3.16. The lowest BCUT2D eigenvalue weighted by atomic mass is 10.1. The van der Waals surface area contributed by atoms with Gasteiger partial charge >= 0.3 is 5.69 Å².